The molecule has 2 aromatic carbocycles. The van der Waals surface area contributed by atoms with Gasteiger partial charge in [-0.25, -0.2) is 9.18 Å². The summed E-state index contributed by atoms with van der Waals surface area (Å²) < 4.78 is 26.9. The van der Waals surface area contributed by atoms with Gasteiger partial charge in [-0.3, -0.25) is 9.69 Å². The van der Waals surface area contributed by atoms with E-state index in [9.17, 15) is 14.0 Å². The van der Waals surface area contributed by atoms with Crippen molar-refractivity contribution in [3.63, 3.8) is 0 Å². The monoisotopic (exact) mass is 554 g/mol. The summed E-state index contributed by atoms with van der Waals surface area (Å²) in [4.78, 5) is 29.1. The SMILES string of the molecule is CNC(=O)c1ccc(O[C@@]([Si])(CN2CCN(C(=O)OC(C)(C)C)[C@@H](CC(C)C)C2)c2ccc(C)c(F)c2)cc1. The molecule has 0 spiro atoms. The highest BCUT2D eigenvalue weighted by molar-refractivity contribution is 6.15. The lowest BCUT2D eigenvalue weighted by molar-refractivity contribution is -0.0125. The van der Waals surface area contributed by atoms with E-state index in [0.29, 0.717) is 54.5 Å². The van der Waals surface area contributed by atoms with Crippen molar-refractivity contribution in [2.45, 2.75) is 64.8 Å². The smallest absolute Gasteiger partial charge is 0.410 e. The number of amides is 2. The van der Waals surface area contributed by atoms with Gasteiger partial charge >= 0.3 is 6.09 Å². The minimum Gasteiger partial charge on any atom is -0.486 e. The summed E-state index contributed by atoms with van der Waals surface area (Å²) in [7, 11) is 5.47. The van der Waals surface area contributed by atoms with Crippen LogP contribution < -0.4 is 10.1 Å². The Balaban J connectivity index is 1.88. The molecule has 1 fully saturated rings. The highest BCUT2D eigenvalue weighted by atomic mass is 28.1. The second-order valence-electron chi connectivity index (χ2n) is 11.7. The second kappa shape index (κ2) is 12.5. The van der Waals surface area contributed by atoms with Gasteiger partial charge in [-0.15, -0.1) is 0 Å². The number of ether oxygens (including phenoxy) is 2. The zero-order valence-electron chi connectivity index (χ0n) is 24.1. The van der Waals surface area contributed by atoms with Crippen molar-refractivity contribution in [2.75, 3.05) is 33.2 Å². The van der Waals surface area contributed by atoms with E-state index in [2.05, 4.69) is 34.3 Å². The lowest BCUT2D eigenvalue weighted by atomic mass is 9.99. The number of nitrogens with one attached hydrogen (secondary N) is 1. The summed E-state index contributed by atoms with van der Waals surface area (Å²) in [5.41, 5.74) is 1.12. The van der Waals surface area contributed by atoms with Crippen molar-refractivity contribution in [3.05, 3.63) is 65.0 Å². The van der Waals surface area contributed by atoms with Crippen molar-refractivity contribution >= 4 is 22.2 Å². The second-order valence-corrected chi connectivity index (χ2v) is 12.5. The molecule has 211 valence electrons. The Bertz CT molecular complexity index is 1150. The number of rotatable bonds is 8. The molecule has 1 aliphatic rings. The molecule has 2 atom stereocenters. The molecule has 2 amide bonds. The Morgan fingerprint density at radius 3 is 2.36 bits per heavy atom. The zero-order valence-corrected chi connectivity index (χ0v) is 25.1. The first-order chi connectivity index (χ1) is 18.2. The largest absolute Gasteiger partial charge is 0.486 e. The van der Waals surface area contributed by atoms with Crippen molar-refractivity contribution in [1.29, 1.82) is 0 Å². The van der Waals surface area contributed by atoms with Gasteiger partial charge in [0, 0.05) is 44.8 Å². The molecule has 9 heteroatoms. The highest BCUT2D eigenvalue weighted by Gasteiger charge is 2.38. The minimum absolute atomic E-state index is 0.0360. The molecular formula is C30H41FN3O4Si. The first-order valence-corrected chi connectivity index (χ1v) is 14.0. The van der Waals surface area contributed by atoms with Crippen LogP contribution in [0.4, 0.5) is 9.18 Å². The lowest BCUT2D eigenvalue weighted by Crippen LogP contribution is -2.59. The van der Waals surface area contributed by atoms with Gasteiger partial charge in [0.05, 0.1) is 10.2 Å². The fourth-order valence-electron chi connectivity index (χ4n) is 4.73. The van der Waals surface area contributed by atoms with Crippen LogP contribution in [0.1, 0.15) is 62.5 Å². The van der Waals surface area contributed by atoms with Crippen LogP contribution in [0.3, 0.4) is 0 Å². The van der Waals surface area contributed by atoms with Crippen LogP contribution in [0.25, 0.3) is 0 Å². The van der Waals surface area contributed by atoms with E-state index in [1.165, 1.54) is 6.07 Å². The summed E-state index contributed by atoms with van der Waals surface area (Å²) in [6.45, 7) is 13.8. The molecule has 0 saturated carbocycles. The Hall–Kier alpha value is -2.91. The standard InChI is InChI=1S/C30H41FN3O4Si/c1-20(2)16-24-18-33(14-15-34(24)28(36)38-29(4,5)6)19-30(39,23-11-8-21(3)26(31)17-23)37-25-12-9-22(10-13-25)27(35)32-7/h8-13,17,20,24H,14-16,18-19H2,1-7H3,(H,32,35)/t24-,30+/m0/s1. The van der Waals surface area contributed by atoms with Gasteiger partial charge in [0.2, 0.25) is 0 Å². The molecule has 0 aromatic heterocycles. The predicted octanol–water partition coefficient (Wildman–Crippen LogP) is 4.86. The molecular weight excluding hydrogens is 513 g/mol. The third-order valence-electron chi connectivity index (χ3n) is 6.66. The maximum absolute atomic E-state index is 14.7. The summed E-state index contributed by atoms with van der Waals surface area (Å²) >= 11 is 0. The fourth-order valence-corrected chi connectivity index (χ4v) is 5.23. The summed E-state index contributed by atoms with van der Waals surface area (Å²) in [6, 6.07) is 11.9. The van der Waals surface area contributed by atoms with Gasteiger partial charge in [0.25, 0.3) is 5.91 Å². The lowest BCUT2D eigenvalue weighted by Gasteiger charge is -2.45. The quantitative estimate of drug-likeness (QED) is 0.472. The van der Waals surface area contributed by atoms with Crippen LogP contribution in [0, 0.1) is 18.7 Å². The number of hydrogen-bond acceptors (Lipinski definition) is 5. The molecule has 0 aliphatic carbocycles. The van der Waals surface area contributed by atoms with E-state index in [1.54, 1.807) is 44.3 Å². The zero-order chi connectivity index (χ0) is 29.0. The van der Waals surface area contributed by atoms with Gasteiger partial charge in [-0.1, -0.05) is 26.0 Å². The van der Waals surface area contributed by atoms with E-state index in [0.717, 1.165) is 6.42 Å². The first kappa shape index (κ1) is 30.6. The molecule has 3 rings (SSSR count). The Labute approximate surface area is 235 Å². The number of halogens is 1. The molecule has 1 N–H and O–H groups in total. The average Bonchev–Trinajstić information content (AvgIpc) is 2.84. The van der Waals surface area contributed by atoms with Crippen molar-refractivity contribution < 1.29 is 23.5 Å². The number of aryl methyl sites for hydroxylation is 1. The molecule has 1 heterocycles. The van der Waals surface area contributed by atoms with E-state index < -0.39 is 10.8 Å². The van der Waals surface area contributed by atoms with Gasteiger partial charge in [-0.05, 0) is 81.5 Å². The van der Waals surface area contributed by atoms with Gasteiger partial charge in [0.15, 0.2) is 0 Å². The van der Waals surface area contributed by atoms with Crippen LogP contribution in [-0.4, -0.2) is 76.9 Å². The topological polar surface area (TPSA) is 71.1 Å². The van der Waals surface area contributed by atoms with E-state index in [1.807, 2.05) is 31.7 Å². The molecule has 1 saturated heterocycles. The van der Waals surface area contributed by atoms with E-state index >= 15 is 0 Å². The number of piperazine rings is 1. The summed E-state index contributed by atoms with van der Waals surface area (Å²) in [6.07, 6.45) is 0.524. The summed E-state index contributed by atoms with van der Waals surface area (Å²) in [5, 5.41) is 1.52. The third kappa shape index (κ3) is 8.29. The Morgan fingerprint density at radius 1 is 1.13 bits per heavy atom. The first-order valence-electron chi connectivity index (χ1n) is 13.5. The number of benzene rings is 2. The number of nitrogens with zero attached hydrogens (tertiary/aromatic N) is 2. The van der Waals surface area contributed by atoms with Gasteiger partial charge in [0.1, 0.15) is 22.4 Å². The molecule has 2 aromatic rings. The Kier molecular flexibility index (Phi) is 9.82. The van der Waals surface area contributed by atoms with Crippen molar-refractivity contribution in [3.8, 4) is 5.75 Å². The molecule has 0 unspecified atom stereocenters. The van der Waals surface area contributed by atoms with Crippen LogP contribution in [0.5, 0.6) is 5.75 Å². The number of carbonyl (C=O) groups is 2. The molecule has 1 aliphatic heterocycles. The van der Waals surface area contributed by atoms with E-state index in [4.69, 9.17) is 9.47 Å². The van der Waals surface area contributed by atoms with Crippen LogP contribution in [-0.2, 0) is 9.96 Å². The minimum atomic E-state index is -1.08. The highest BCUT2D eigenvalue weighted by Crippen LogP contribution is 2.30. The van der Waals surface area contributed by atoms with Crippen molar-refractivity contribution in [1.82, 2.24) is 15.1 Å². The molecule has 0 bridgehead atoms. The van der Waals surface area contributed by atoms with Crippen LogP contribution >= 0.6 is 0 Å². The normalized spacial score (nSPS) is 18.0. The number of carbonyl (C=O) groups excluding carboxylic acids is 2. The maximum Gasteiger partial charge on any atom is 0.410 e. The third-order valence-corrected chi connectivity index (χ3v) is 7.21. The maximum atomic E-state index is 14.7. The predicted molar refractivity (Wildman–Crippen MR) is 152 cm³/mol. The number of hydrogen-bond donors (Lipinski definition) is 1. The van der Waals surface area contributed by atoms with E-state index in [-0.39, 0.29) is 23.9 Å². The molecule has 7 nitrogen and oxygen atoms in total. The average molecular weight is 555 g/mol. The van der Waals surface area contributed by atoms with Crippen LogP contribution in [0.15, 0.2) is 42.5 Å². The summed E-state index contributed by atoms with van der Waals surface area (Å²) in [5.74, 6) is 0.408. The van der Waals surface area contributed by atoms with Crippen molar-refractivity contribution in [2.24, 2.45) is 5.92 Å². The molecule has 3 radical (unpaired) electrons. The van der Waals surface area contributed by atoms with Gasteiger partial charge < -0.3 is 19.7 Å². The van der Waals surface area contributed by atoms with Gasteiger partial charge in [-0.2, -0.15) is 0 Å². The Morgan fingerprint density at radius 2 is 1.79 bits per heavy atom. The van der Waals surface area contributed by atoms with Crippen LogP contribution in [0.2, 0.25) is 0 Å². The molecule has 39 heavy (non-hydrogen) atoms. The fraction of sp³-hybridized carbons (Fsp3) is 0.533.